The molecule has 0 heterocycles. The van der Waals surface area contributed by atoms with E-state index in [-0.39, 0.29) is 6.61 Å². The van der Waals surface area contributed by atoms with Gasteiger partial charge in [-0.05, 0) is 30.2 Å². The highest BCUT2D eigenvalue weighted by Gasteiger charge is 2.09. The van der Waals surface area contributed by atoms with Crippen molar-refractivity contribution in [2.24, 2.45) is 0 Å². The van der Waals surface area contributed by atoms with Crippen molar-refractivity contribution in [3.05, 3.63) is 33.8 Å². The fourth-order valence-corrected chi connectivity index (χ4v) is 1.63. The molecule has 13 heavy (non-hydrogen) atoms. The summed E-state index contributed by atoms with van der Waals surface area (Å²) in [4.78, 5) is 0. The minimum Gasteiger partial charge on any atom is -0.396 e. The van der Waals surface area contributed by atoms with Crippen LogP contribution in [0.5, 0.6) is 0 Å². The average molecular weight is 245 g/mol. The van der Waals surface area contributed by atoms with Crippen molar-refractivity contribution in [3.8, 4) is 0 Å². The van der Waals surface area contributed by atoms with Crippen LogP contribution >= 0.6 is 15.9 Å². The maximum Gasteiger partial charge on any atom is 0.0814 e. The summed E-state index contributed by atoms with van der Waals surface area (Å²) in [5, 5.41) is 18.3. The Labute approximate surface area is 86.3 Å². The number of aliphatic hydroxyl groups is 2. The maximum absolute atomic E-state index is 9.64. The second-order valence-corrected chi connectivity index (χ2v) is 3.94. The monoisotopic (exact) mass is 244 g/mol. The molecule has 0 aliphatic carbocycles. The topological polar surface area (TPSA) is 40.5 Å². The summed E-state index contributed by atoms with van der Waals surface area (Å²) in [6, 6.07) is 5.76. The number of aliphatic hydroxyl groups excluding tert-OH is 2. The highest BCUT2D eigenvalue weighted by Crippen LogP contribution is 2.23. The van der Waals surface area contributed by atoms with E-state index < -0.39 is 6.10 Å². The van der Waals surface area contributed by atoms with Crippen LogP contribution in [-0.2, 0) is 0 Å². The van der Waals surface area contributed by atoms with Crippen LogP contribution < -0.4 is 0 Å². The lowest BCUT2D eigenvalue weighted by Gasteiger charge is -2.12. The first-order chi connectivity index (χ1) is 6.15. The molecule has 0 aromatic heterocycles. The van der Waals surface area contributed by atoms with Crippen LogP contribution in [0.1, 0.15) is 23.7 Å². The van der Waals surface area contributed by atoms with Crippen molar-refractivity contribution in [2.45, 2.75) is 19.4 Å². The van der Waals surface area contributed by atoms with Crippen molar-refractivity contribution in [1.29, 1.82) is 0 Å². The molecule has 1 aromatic carbocycles. The quantitative estimate of drug-likeness (QED) is 0.856. The van der Waals surface area contributed by atoms with E-state index in [2.05, 4.69) is 15.9 Å². The van der Waals surface area contributed by atoms with Gasteiger partial charge in [-0.15, -0.1) is 0 Å². The van der Waals surface area contributed by atoms with Gasteiger partial charge in [-0.2, -0.15) is 0 Å². The third kappa shape index (κ3) is 2.79. The first-order valence-electron chi connectivity index (χ1n) is 4.20. The Bertz CT molecular complexity index is 286. The molecule has 2 N–H and O–H groups in total. The Morgan fingerprint density at radius 1 is 1.46 bits per heavy atom. The van der Waals surface area contributed by atoms with Gasteiger partial charge in [0.15, 0.2) is 0 Å². The van der Waals surface area contributed by atoms with Gasteiger partial charge in [0.25, 0.3) is 0 Å². The van der Waals surface area contributed by atoms with Crippen LogP contribution in [0.15, 0.2) is 22.7 Å². The first-order valence-corrected chi connectivity index (χ1v) is 4.99. The zero-order chi connectivity index (χ0) is 9.84. The van der Waals surface area contributed by atoms with Gasteiger partial charge in [-0.1, -0.05) is 22.0 Å². The van der Waals surface area contributed by atoms with Crippen molar-refractivity contribution in [2.75, 3.05) is 6.61 Å². The van der Waals surface area contributed by atoms with Crippen LogP contribution in [-0.4, -0.2) is 16.8 Å². The molecule has 0 fully saturated rings. The molecule has 72 valence electrons. The molecule has 0 amide bonds. The van der Waals surface area contributed by atoms with Crippen molar-refractivity contribution in [1.82, 2.24) is 0 Å². The van der Waals surface area contributed by atoms with Gasteiger partial charge in [-0.3, -0.25) is 0 Å². The molecule has 1 atom stereocenters. The summed E-state index contributed by atoms with van der Waals surface area (Å²) < 4.78 is 0.949. The summed E-state index contributed by atoms with van der Waals surface area (Å²) in [5.41, 5.74) is 1.92. The Kier molecular flexibility index (Phi) is 3.90. The molecule has 0 aliphatic heterocycles. The zero-order valence-corrected chi connectivity index (χ0v) is 9.08. The van der Waals surface area contributed by atoms with Crippen LogP contribution in [0.4, 0.5) is 0 Å². The summed E-state index contributed by atoms with van der Waals surface area (Å²) in [5.74, 6) is 0. The fraction of sp³-hybridized carbons (Fsp3) is 0.400. The minimum atomic E-state index is -0.567. The molecule has 0 bridgehead atoms. The van der Waals surface area contributed by atoms with E-state index in [1.54, 1.807) is 0 Å². The smallest absolute Gasteiger partial charge is 0.0814 e. The standard InChI is InChI=1S/C10H13BrO2/c1-7-2-3-8(11)6-9(7)10(13)4-5-12/h2-3,6,10,12-13H,4-5H2,1H3. The molecule has 0 radical (unpaired) electrons. The molecule has 2 nitrogen and oxygen atoms in total. The molecule has 0 aliphatic rings. The van der Waals surface area contributed by atoms with E-state index in [0.29, 0.717) is 6.42 Å². The minimum absolute atomic E-state index is 0.00706. The summed E-state index contributed by atoms with van der Waals surface area (Å²) >= 11 is 3.34. The van der Waals surface area contributed by atoms with E-state index in [9.17, 15) is 5.11 Å². The number of hydrogen-bond acceptors (Lipinski definition) is 2. The highest BCUT2D eigenvalue weighted by atomic mass is 79.9. The number of benzene rings is 1. The molecule has 1 rings (SSSR count). The van der Waals surface area contributed by atoms with Gasteiger partial charge in [0.1, 0.15) is 0 Å². The van der Waals surface area contributed by atoms with E-state index in [1.165, 1.54) is 0 Å². The van der Waals surface area contributed by atoms with Crippen LogP contribution in [0.3, 0.4) is 0 Å². The van der Waals surface area contributed by atoms with Gasteiger partial charge >= 0.3 is 0 Å². The van der Waals surface area contributed by atoms with Crippen molar-refractivity contribution < 1.29 is 10.2 Å². The number of halogens is 1. The van der Waals surface area contributed by atoms with E-state index in [1.807, 2.05) is 25.1 Å². The lowest BCUT2D eigenvalue weighted by atomic mass is 10.0. The molecular formula is C10H13BrO2. The molecule has 0 saturated carbocycles. The van der Waals surface area contributed by atoms with Crippen molar-refractivity contribution >= 4 is 15.9 Å². The molecule has 0 saturated heterocycles. The second kappa shape index (κ2) is 4.74. The average Bonchev–Trinajstić information content (AvgIpc) is 2.09. The van der Waals surface area contributed by atoms with Gasteiger partial charge in [0, 0.05) is 17.5 Å². The number of aryl methyl sites for hydroxylation is 1. The summed E-state index contributed by atoms with van der Waals surface area (Å²) in [7, 11) is 0. The Morgan fingerprint density at radius 2 is 2.15 bits per heavy atom. The summed E-state index contributed by atoms with van der Waals surface area (Å²) in [6.07, 6.45) is -0.181. The molecule has 0 spiro atoms. The first kappa shape index (κ1) is 10.7. The Balaban J connectivity index is 2.91. The van der Waals surface area contributed by atoms with E-state index >= 15 is 0 Å². The lowest BCUT2D eigenvalue weighted by molar-refractivity contribution is 0.134. The normalized spacial score (nSPS) is 12.9. The highest BCUT2D eigenvalue weighted by molar-refractivity contribution is 9.10. The fourth-order valence-electron chi connectivity index (χ4n) is 1.25. The predicted molar refractivity (Wildman–Crippen MR) is 55.5 cm³/mol. The number of rotatable bonds is 3. The van der Waals surface area contributed by atoms with Crippen molar-refractivity contribution in [3.63, 3.8) is 0 Å². The Hall–Kier alpha value is -0.380. The van der Waals surface area contributed by atoms with Crippen LogP contribution in [0.25, 0.3) is 0 Å². The summed E-state index contributed by atoms with van der Waals surface area (Å²) in [6.45, 7) is 1.95. The van der Waals surface area contributed by atoms with Gasteiger partial charge in [0.2, 0.25) is 0 Å². The van der Waals surface area contributed by atoms with Crippen LogP contribution in [0.2, 0.25) is 0 Å². The van der Waals surface area contributed by atoms with Gasteiger partial charge in [0.05, 0.1) is 6.10 Å². The SMILES string of the molecule is Cc1ccc(Br)cc1C(O)CCO. The molecule has 1 aromatic rings. The zero-order valence-electron chi connectivity index (χ0n) is 7.50. The molecular weight excluding hydrogens is 232 g/mol. The van der Waals surface area contributed by atoms with E-state index in [0.717, 1.165) is 15.6 Å². The van der Waals surface area contributed by atoms with Crippen LogP contribution in [0, 0.1) is 6.92 Å². The second-order valence-electron chi connectivity index (χ2n) is 3.03. The third-order valence-corrected chi connectivity index (χ3v) is 2.50. The molecule has 1 unspecified atom stereocenters. The Morgan fingerprint density at radius 3 is 2.77 bits per heavy atom. The third-order valence-electron chi connectivity index (χ3n) is 2.00. The van der Waals surface area contributed by atoms with Gasteiger partial charge < -0.3 is 10.2 Å². The van der Waals surface area contributed by atoms with E-state index in [4.69, 9.17) is 5.11 Å². The predicted octanol–water partition coefficient (Wildman–Crippen LogP) is 2.17. The molecule has 3 heteroatoms. The lowest BCUT2D eigenvalue weighted by Crippen LogP contribution is -2.02. The number of hydrogen-bond donors (Lipinski definition) is 2. The maximum atomic E-state index is 9.64. The largest absolute Gasteiger partial charge is 0.396 e. The van der Waals surface area contributed by atoms with Gasteiger partial charge in [-0.25, -0.2) is 0 Å².